The predicted molar refractivity (Wildman–Crippen MR) is 79.9 cm³/mol. The summed E-state index contributed by atoms with van der Waals surface area (Å²) in [7, 11) is 1.67. The van der Waals surface area contributed by atoms with Gasteiger partial charge in [-0.05, 0) is 42.4 Å². The van der Waals surface area contributed by atoms with Gasteiger partial charge >= 0.3 is 0 Å². The summed E-state index contributed by atoms with van der Waals surface area (Å²) >= 11 is 0. The van der Waals surface area contributed by atoms with Gasteiger partial charge in [-0.15, -0.1) is 0 Å². The molecular formula is C17H22N2O2. The Hall–Kier alpha value is -1.55. The zero-order valence-corrected chi connectivity index (χ0v) is 12.8. The molecule has 1 aliphatic heterocycles. The van der Waals surface area contributed by atoms with Crippen molar-refractivity contribution >= 4 is 5.91 Å². The lowest BCUT2D eigenvalue weighted by Gasteiger charge is -2.26. The zero-order valence-electron chi connectivity index (χ0n) is 12.8. The Morgan fingerprint density at radius 3 is 2.33 bits per heavy atom. The van der Waals surface area contributed by atoms with Crippen molar-refractivity contribution in [3.8, 4) is 5.75 Å². The van der Waals surface area contributed by atoms with E-state index in [-0.39, 0.29) is 17.1 Å². The van der Waals surface area contributed by atoms with Crippen molar-refractivity contribution < 1.29 is 9.53 Å². The van der Waals surface area contributed by atoms with Gasteiger partial charge in [0.1, 0.15) is 17.5 Å². The van der Waals surface area contributed by atoms with Gasteiger partial charge in [-0.1, -0.05) is 26.0 Å². The summed E-state index contributed by atoms with van der Waals surface area (Å²) in [4.78, 5) is 14.9. The minimum Gasteiger partial charge on any atom is -0.497 e. The van der Waals surface area contributed by atoms with Crippen LogP contribution in [-0.2, 0) is 4.79 Å². The number of ether oxygens (including phenoxy) is 1. The molecule has 4 heteroatoms. The number of hydrogen-bond donors (Lipinski definition) is 1. The normalized spacial score (nSPS) is 31.6. The third-order valence-electron chi connectivity index (χ3n) is 5.31. The van der Waals surface area contributed by atoms with Crippen LogP contribution in [0.2, 0.25) is 0 Å². The van der Waals surface area contributed by atoms with Crippen LogP contribution in [0.5, 0.6) is 5.75 Å². The molecule has 2 unspecified atom stereocenters. The van der Waals surface area contributed by atoms with E-state index in [2.05, 4.69) is 36.2 Å². The average Bonchev–Trinajstić information content (AvgIpc) is 3.34. The number of carbonyl (C=O) groups excluding carboxylic acids is 1. The van der Waals surface area contributed by atoms with E-state index in [0.717, 1.165) is 30.6 Å². The lowest BCUT2D eigenvalue weighted by atomic mass is 10.1. The molecule has 1 aromatic carbocycles. The molecule has 4 nitrogen and oxygen atoms in total. The second-order valence-electron chi connectivity index (χ2n) is 7.32. The summed E-state index contributed by atoms with van der Waals surface area (Å²) in [6.07, 6.45) is 3.06. The smallest absolute Gasteiger partial charge is 0.244 e. The highest BCUT2D eigenvalue weighted by molar-refractivity contribution is 5.92. The molecule has 2 saturated carbocycles. The van der Waals surface area contributed by atoms with Gasteiger partial charge in [-0.3, -0.25) is 10.1 Å². The molecule has 1 N–H and O–H groups in total. The van der Waals surface area contributed by atoms with Crippen molar-refractivity contribution in [2.24, 2.45) is 5.41 Å². The number of benzene rings is 1. The first-order valence-electron chi connectivity index (χ1n) is 7.71. The van der Waals surface area contributed by atoms with Gasteiger partial charge in [-0.25, -0.2) is 0 Å². The van der Waals surface area contributed by atoms with Gasteiger partial charge < -0.3 is 9.64 Å². The quantitative estimate of drug-likeness (QED) is 0.928. The number of methoxy groups -OCH3 is 1. The van der Waals surface area contributed by atoms with Crippen LogP contribution < -0.4 is 10.1 Å². The predicted octanol–water partition coefficient (Wildman–Crippen LogP) is 2.46. The van der Waals surface area contributed by atoms with Gasteiger partial charge in [0.25, 0.3) is 0 Å². The van der Waals surface area contributed by atoms with E-state index in [1.165, 1.54) is 0 Å². The highest BCUT2D eigenvalue weighted by Gasteiger charge is 2.65. The Labute approximate surface area is 125 Å². The molecule has 4 rings (SSSR count). The van der Waals surface area contributed by atoms with Crippen LogP contribution in [0.3, 0.4) is 0 Å². The van der Waals surface area contributed by atoms with Gasteiger partial charge in [-0.2, -0.15) is 0 Å². The van der Waals surface area contributed by atoms with Crippen molar-refractivity contribution in [2.75, 3.05) is 7.11 Å². The van der Waals surface area contributed by atoms with E-state index in [9.17, 15) is 4.79 Å². The number of nitrogens with one attached hydrogen (secondary N) is 1. The van der Waals surface area contributed by atoms with Gasteiger partial charge in [0, 0.05) is 6.04 Å². The van der Waals surface area contributed by atoms with Crippen molar-refractivity contribution in [3.05, 3.63) is 29.8 Å². The highest BCUT2D eigenvalue weighted by Crippen LogP contribution is 2.56. The van der Waals surface area contributed by atoms with E-state index in [4.69, 9.17) is 4.74 Å². The van der Waals surface area contributed by atoms with Crippen molar-refractivity contribution in [1.82, 2.24) is 10.2 Å². The fourth-order valence-corrected chi connectivity index (χ4v) is 3.51. The average molecular weight is 286 g/mol. The zero-order chi connectivity index (χ0) is 14.8. The Kier molecular flexibility index (Phi) is 2.51. The SMILES string of the molecule is COc1ccc(C2NC3(CC3)C(=O)N2C2CC2(C)C)cc1. The summed E-state index contributed by atoms with van der Waals surface area (Å²) in [5, 5.41) is 3.59. The van der Waals surface area contributed by atoms with Crippen LogP contribution in [0.4, 0.5) is 0 Å². The van der Waals surface area contributed by atoms with Crippen LogP contribution in [0, 0.1) is 5.41 Å². The largest absolute Gasteiger partial charge is 0.497 e. The number of hydrogen-bond acceptors (Lipinski definition) is 3. The highest BCUT2D eigenvalue weighted by atomic mass is 16.5. The third kappa shape index (κ3) is 1.89. The van der Waals surface area contributed by atoms with Gasteiger partial charge in [0.2, 0.25) is 5.91 Å². The summed E-state index contributed by atoms with van der Waals surface area (Å²) in [6.45, 7) is 4.49. The molecule has 3 fully saturated rings. The van der Waals surface area contributed by atoms with E-state index in [1.54, 1.807) is 7.11 Å². The second-order valence-corrected chi connectivity index (χ2v) is 7.32. The van der Waals surface area contributed by atoms with E-state index >= 15 is 0 Å². The Balaban J connectivity index is 1.67. The molecule has 0 radical (unpaired) electrons. The minimum atomic E-state index is -0.261. The number of carbonyl (C=O) groups is 1. The minimum absolute atomic E-state index is 0.0117. The first kappa shape index (κ1) is 13.1. The van der Waals surface area contributed by atoms with Crippen LogP contribution in [0.25, 0.3) is 0 Å². The van der Waals surface area contributed by atoms with Crippen molar-refractivity contribution in [3.63, 3.8) is 0 Å². The lowest BCUT2D eigenvalue weighted by Crippen LogP contribution is -2.35. The first-order valence-corrected chi connectivity index (χ1v) is 7.71. The summed E-state index contributed by atoms with van der Waals surface area (Å²) in [6, 6.07) is 8.43. The number of nitrogens with zero attached hydrogens (tertiary/aromatic N) is 1. The molecule has 1 saturated heterocycles. The maximum atomic E-state index is 12.8. The molecule has 1 amide bonds. The topological polar surface area (TPSA) is 41.6 Å². The maximum absolute atomic E-state index is 12.8. The van der Waals surface area contributed by atoms with Crippen LogP contribution in [0.1, 0.15) is 44.8 Å². The Morgan fingerprint density at radius 2 is 1.86 bits per heavy atom. The molecular weight excluding hydrogens is 264 g/mol. The van der Waals surface area contributed by atoms with E-state index < -0.39 is 0 Å². The third-order valence-corrected chi connectivity index (χ3v) is 5.31. The monoisotopic (exact) mass is 286 g/mol. The fraction of sp³-hybridized carbons (Fsp3) is 0.588. The summed E-state index contributed by atoms with van der Waals surface area (Å²) in [5.41, 5.74) is 1.14. The molecule has 2 atom stereocenters. The molecule has 1 spiro atoms. The fourth-order valence-electron chi connectivity index (χ4n) is 3.51. The Morgan fingerprint density at radius 1 is 1.24 bits per heavy atom. The maximum Gasteiger partial charge on any atom is 0.244 e. The molecule has 21 heavy (non-hydrogen) atoms. The van der Waals surface area contributed by atoms with Crippen molar-refractivity contribution in [1.29, 1.82) is 0 Å². The van der Waals surface area contributed by atoms with E-state index in [0.29, 0.717) is 11.9 Å². The molecule has 1 aromatic rings. The van der Waals surface area contributed by atoms with Crippen LogP contribution >= 0.6 is 0 Å². The lowest BCUT2D eigenvalue weighted by molar-refractivity contribution is -0.131. The van der Waals surface area contributed by atoms with Gasteiger partial charge in [0.15, 0.2) is 0 Å². The second kappa shape index (κ2) is 4.01. The molecule has 3 aliphatic rings. The summed E-state index contributed by atoms with van der Waals surface area (Å²) < 4.78 is 5.23. The Bertz CT molecular complexity index is 589. The first-order chi connectivity index (χ1) is 9.97. The standard InChI is InChI=1S/C17H22N2O2/c1-16(2)10-13(16)19-14(18-17(8-9-17)15(19)20)11-4-6-12(21-3)7-5-11/h4-7,13-14,18H,8-10H2,1-3H3. The van der Waals surface area contributed by atoms with Crippen LogP contribution in [-0.4, -0.2) is 29.5 Å². The molecule has 0 aromatic heterocycles. The van der Waals surface area contributed by atoms with Crippen molar-refractivity contribution in [2.45, 2.75) is 50.9 Å². The molecule has 1 heterocycles. The number of rotatable bonds is 3. The van der Waals surface area contributed by atoms with Gasteiger partial charge in [0.05, 0.1) is 7.11 Å². The summed E-state index contributed by atoms with van der Waals surface area (Å²) in [5.74, 6) is 1.15. The van der Waals surface area contributed by atoms with E-state index in [1.807, 2.05) is 12.1 Å². The molecule has 2 aliphatic carbocycles. The van der Waals surface area contributed by atoms with Crippen LogP contribution in [0.15, 0.2) is 24.3 Å². The number of amides is 1. The molecule has 0 bridgehead atoms. The molecule has 112 valence electrons.